The maximum Gasteiger partial charge on any atom is 0.316 e. The molecule has 1 aliphatic heterocycles. The summed E-state index contributed by atoms with van der Waals surface area (Å²) < 4.78 is 39.3. The summed E-state index contributed by atoms with van der Waals surface area (Å²) in [5.41, 5.74) is 3.76. The number of aryl methyl sites for hydroxylation is 1. The second kappa shape index (κ2) is 7.63. The Morgan fingerprint density at radius 2 is 1.83 bits per heavy atom. The number of hydrogen-bond acceptors (Lipinski definition) is 5. The van der Waals surface area contributed by atoms with E-state index in [1.807, 2.05) is 19.1 Å². The molecule has 1 aromatic heterocycles. The molecule has 0 atom stereocenters. The van der Waals surface area contributed by atoms with Gasteiger partial charge in [0.05, 0.1) is 33.1 Å². The third-order valence-corrected chi connectivity index (χ3v) is 4.77. The average molecular weight is 399 g/mol. The predicted octanol–water partition coefficient (Wildman–Crippen LogP) is 3.66. The van der Waals surface area contributed by atoms with Crippen LogP contribution in [0.4, 0.5) is 20.4 Å². The summed E-state index contributed by atoms with van der Waals surface area (Å²) in [4.78, 5) is 16.3. The fraction of sp³-hybridized carbons (Fsp3) is 0.238. The Hall–Kier alpha value is -3.26. The van der Waals surface area contributed by atoms with E-state index >= 15 is 0 Å². The van der Waals surface area contributed by atoms with Gasteiger partial charge in [0.2, 0.25) is 11.7 Å². The predicted molar refractivity (Wildman–Crippen MR) is 103 cm³/mol. The van der Waals surface area contributed by atoms with Crippen molar-refractivity contribution < 1.29 is 18.3 Å². The zero-order valence-corrected chi connectivity index (χ0v) is 16.0. The number of rotatable bonds is 5. The summed E-state index contributed by atoms with van der Waals surface area (Å²) in [6, 6.07) is 7.26. The summed E-state index contributed by atoms with van der Waals surface area (Å²) in [7, 11) is 1.36. The number of hydrogen-bond donors (Lipinski definition) is 1. The minimum atomic E-state index is -0.676. The fourth-order valence-electron chi connectivity index (χ4n) is 3.34. The number of nitrogens with zero attached hydrogens (tertiary/aromatic N) is 2. The van der Waals surface area contributed by atoms with Gasteiger partial charge in [-0.15, -0.1) is 0 Å². The summed E-state index contributed by atoms with van der Waals surface area (Å²) in [6.07, 6.45) is 1.46. The quantitative estimate of drug-likeness (QED) is 0.709. The van der Waals surface area contributed by atoms with Gasteiger partial charge in [0.1, 0.15) is 11.6 Å². The van der Waals surface area contributed by atoms with Crippen LogP contribution in [0.15, 0.2) is 41.3 Å². The molecule has 0 saturated heterocycles. The Bertz CT molecular complexity index is 1120. The maximum atomic E-state index is 13.6. The highest BCUT2D eigenvalue weighted by Crippen LogP contribution is 2.28. The fourth-order valence-corrected chi connectivity index (χ4v) is 3.34. The highest BCUT2D eigenvalue weighted by Gasteiger charge is 2.16. The molecule has 1 N–H and O–H groups in total. The molecule has 2 heterocycles. The number of nitrogens with one attached hydrogen (secondary N) is 1. The Kier molecular flexibility index (Phi) is 5.02. The van der Waals surface area contributed by atoms with Crippen molar-refractivity contribution in [3.05, 3.63) is 80.8 Å². The molecule has 0 saturated carbocycles. The van der Waals surface area contributed by atoms with Crippen molar-refractivity contribution >= 4 is 11.6 Å². The van der Waals surface area contributed by atoms with Crippen LogP contribution in [0.1, 0.15) is 22.3 Å². The minimum absolute atomic E-state index is 0.0338. The van der Waals surface area contributed by atoms with Gasteiger partial charge in [0, 0.05) is 11.8 Å². The van der Waals surface area contributed by atoms with Gasteiger partial charge in [-0.3, -0.25) is 4.79 Å². The molecule has 1 aliphatic rings. The lowest BCUT2D eigenvalue weighted by molar-refractivity contribution is 0.134. The topological polar surface area (TPSA) is 65.4 Å². The van der Waals surface area contributed by atoms with E-state index in [0.717, 1.165) is 28.4 Å². The normalized spacial score (nSPS) is 12.7. The summed E-state index contributed by atoms with van der Waals surface area (Å²) in [5, 5.41) is 3.17. The third-order valence-electron chi connectivity index (χ3n) is 4.77. The van der Waals surface area contributed by atoms with E-state index < -0.39 is 17.2 Å². The van der Waals surface area contributed by atoms with E-state index in [0.29, 0.717) is 18.8 Å². The number of benzene rings is 2. The smallest absolute Gasteiger partial charge is 0.316 e. The van der Waals surface area contributed by atoms with Crippen molar-refractivity contribution in [2.75, 3.05) is 12.4 Å². The number of aromatic nitrogens is 2. The van der Waals surface area contributed by atoms with Gasteiger partial charge < -0.3 is 19.4 Å². The number of halogens is 2. The van der Waals surface area contributed by atoms with E-state index in [1.54, 1.807) is 4.57 Å². The number of methoxy groups -OCH3 is 1. The molecule has 0 aliphatic carbocycles. The number of anilines is 2. The van der Waals surface area contributed by atoms with Crippen molar-refractivity contribution in [3.8, 4) is 5.75 Å². The maximum absolute atomic E-state index is 13.6. The van der Waals surface area contributed by atoms with Gasteiger partial charge in [0.15, 0.2) is 0 Å². The molecule has 2 aromatic carbocycles. The van der Waals surface area contributed by atoms with E-state index in [4.69, 9.17) is 9.47 Å². The Balaban J connectivity index is 1.74. The van der Waals surface area contributed by atoms with E-state index in [9.17, 15) is 13.6 Å². The molecule has 0 unspecified atom stereocenters. The van der Waals surface area contributed by atoms with Crippen LogP contribution in [0.25, 0.3) is 0 Å². The first-order valence-corrected chi connectivity index (χ1v) is 9.00. The first-order valence-electron chi connectivity index (χ1n) is 9.00. The molecule has 4 rings (SSSR count). The second-order valence-corrected chi connectivity index (χ2v) is 6.90. The van der Waals surface area contributed by atoms with Gasteiger partial charge in [-0.1, -0.05) is 6.07 Å². The molecular weight excluding hydrogens is 380 g/mol. The molecule has 29 heavy (non-hydrogen) atoms. The molecule has 8 heteroatoms. The largest absolute Gasteiger partial charge is 0.490 e. The summed E-state index contributed by atoms with van der Waals surface area (Å²) >= 11 is 0. The van der Waals surface area contributed by atoms with E-state index in [2.05, 4.69) is 10.3 Å². The Morgan fingerprint density at radius 3 is 2.52 bits per heavy atom. The summed E-state index contributed by atoms with van der Waals surface area (Å²) in [6.45, 7) is 3.13. The Morgan fingerprint density at radius 1 is 1.14 bits per heavy atom. The van der Waals surface area contributed by atoms with Gasteiger partial charge in [0.25, 0.3) is 0 Å². The van der Waals surface area contributed by atoms with Crippen molar-refractivity contribution in [1.82, 2.24) is 9.55 Å². The number of ether oxygens (including phenoxy) is 2. The van der Waals surface area contributed by atoms with Crippen LogP contribution < -0.4 is 15.6 Å². The highest BCUT2D eigenvalue weighted by molar-refractivity contribution is 5.61. The lowest BCUT2D eigenvalue weighted by atomic mass is 10.1. The van der Waals surface area contributed by atoms with Crippen LogP contribution >= 0.6 is 0 Å². The van der Waals surface area contributed by atoms with Gasteiger partial charge in [-0.25, -0.2) is 8.78 Å². The monoisotopic (exact) mass is 399 g/mol. The first kappa shape index (κ1) is 19.1. The molecule has 6 nitrogen and oxygen atoms in total. The lowest BCUT2D eigenvalue weighted by Crippen LogP contribution is -2.19. The highest BCUT2D eigenvalue weighted by atomic mass is 19.1. The van der Waals surface area contributed by atoms with Crippen LogP contribution in [-0.2, 0) is 24.5 Å². The zero-order valence-electron chi connectivity index (χ0n) is 16.0. The van der Waals surface area contributed by atoms with Crippen LogP contribution in [0.2, 0.25) is 0 Å². The minimum Gasteiger partial charge on any atom is -0.490 e. The Labute approximate surface area is 165 Å². The molecule has 0 amide bonds. The van der Waals surface area contributed by atoms with Gasteiger partial charge >= 0.3 is 5.56 Å². The molecule has 0 radical (unpaired) electrons. The first-order chi connectivity index (χ1) is 13.9. The third kappa shape index (κ3) is 3.97. The average Bonchev–Trinajstić information content (AvgIpc) is 3.10. The molecule has 0 fully saturated rings. The van der Waals surface area contributed by atoms with Crippen LogP contribution in [0.5, 0.6) is 5.75 Å². The van der Waals surface area contributed by atoms with Gasteiger partial charge in [-0.05, 0) is 47.4 Å². The molecular formula is C21H19F2N3O3. The van der Waals surface area contributed by atoms with Crippen molar-refractivity contribution in [3.63, 3.8) is 0 Å². The SMILES string of the molecule is COc1cn(Cc2cc(F)cc(F)c2)c(Nc2cc3c(cc2C)COC3)nc1=O. The summed E-state index contributed by atoms with van der Waals surface area (Å²) in [5.74, 6) is -1.08. The second-order valence-electron chi connectivity index (χ2n) is 6.90. The molecule has 3 aromatic rings. The molecule has 150 valence electrons. The molecule has 0 spiro atoms. The van der Waals surface area contributed by atoms with E-state index in [1.165, 1.54) is 25.4 Å². The van der Waals surface area contributed by atoms with Crippen LogP contribution in [0.3, 0.4) is 0 Å². The van der Waals surface area contributed by atoms with Crippen LogP contribution in [-0.4, -0.2) is 16.7 Å². The molecule has 0 bridgehead atoms. The number of fused-ring (bicyclic) bond motifs is 1. The van der Waals surface area contributed by atoms with Crippen molar-refractivity contribution in [1.29, 1.82) is 0 Å². The lowest BCUT2D eigenvalue weighted by Gasteiger charge is -2.17. The van der Waals surface area contributed by atoms with Gasteiger partial charge in [-0.2, -0.15) is 4.98 Å². The van der Waals surface area contributed by atoms with E-state index in [-0.39, 0.29) is 18.2 Å². The zero-order chi connectivity index (χ0) is 20.5. The standard InChI is InChI=1S/C21H19F2N3O3/c1-12-3-14-10-29-11-15(14)6-18(12)24-21-25-20(27)19(28-2)9-26(21)8-13-4-16(22)7-17(23)5-13/h3-7,9H,8,10-11H2,1-2H3,(H,24,25,27). The van der Waals surface area contributed by atoms with Crippen molar-refractivity contribution in [2.24, 2.45) is 0 Å². The van der Waals surface area contributed by atoms with Crippen molar-refractivity contribution in [2.45, 2.75) is 26.7 Å². The van der Waals surface area contributed by atoms with Crippen LogP contribution in [0, 0.1) is 18.6 Å².